The summed E-state index contributed by atoms with van der Waals surface area (Å²) in [5, 5.41) is 3.92. The van der Waals surface area contributed by atoms with Crippen molar-refractivity contribution in [3.63, 3.8) is 0 Å². The van der Waals surface area contributed by atoms with Crippen LogP contribution in [0.25, 0.3) is 0 Å². The van der Waals surface area contributed by atoms with Gasteiger partial charge in [-0.05, 0) is 43.0 Å². The largest absolute Gasteiger partial charge is 0.447 e. The lowest BCUT2D eigenvalue weighted by Gasteiger charge is -2.28. The van der Waals surface area contributed by atoms with E-state index in [9.17, 15) is 4.79 Å². The molecule has 0 radical (unpaired) electrons. The predicted molar refractivity (Wildman–Crippen MR) is 128 cm³/mol. The normalized spacial score (nSPS) is 16.8. The molecule has 3 aromatic rings. The lowest BCUT2D eigenvalue weighted by molar-refractivity contribution is 0.0853. The summed E-state index contributed by atoms with van der Waals surface area (Å²) < 4.78 is 11.2. The Morgan fingerprint density at radius 3 is 2.73 bits per heavy atom. The van der Waals surface area contributed by atoms with E-state index in [1.165, 1.54) is 11.8 Å². The van der Waals surface area contributed by atoms with Crippen molar-refractivity contribution in [3.8, 4) is 0 Å². The summed E-state index contributed by atoms with van der Waals surface area (Å²) in [6.07, 6.45) is 3.48. The number of carbonyl (C=O) groups excluding carboxylic acids is 1. The number of nitrogens with zero attached hydrogens (tertiary/aromatic N) is 2. The van der Waals surface area contributed by atoms with Gasteiger partial charge in [0.1, 0.15) is 6.26 Å². The lowest BCUT2D eigenvalue weighted by atomic mass is 10.1. The highest BCUT2D eigenvalue weighted by atomic mass is 35.5. The van der Waals surface area contributed by atoms with Crippen molar-refractivity contribution in [1.29, 1.82) is 0 Å². The van der Waals surface area contributed by atoms with Crippen LogP contribution in [0.5, 0.6) is 0 Å². The first-order valence-electron chi connectivity index (χ1n) is 11.1. The van der Waals surface area contributed by atoms with Crippen LogP contribution < -0.4 is 5.32 Å². The molecule has 1 aromatic heterocycles. The average Bonchev–Trinajstić information content (AvgIpc) is 3.52. The summed E-state index contributed by atoms with van der Waals surface area (Å²) in [5.74, 6) is 0.216. The van der Waals surface area contributed by atoms with Crippen LogP contribution >= 0.6 is 23.2 Å². The molecule has 6 nitrogen and oxygen atoms in total. The Balaban J connectivity index is 1.47. The summed E-state index contributed by atoms with van der Waals surface area (Å²) in [6.45, 7) is 4.40. The number of halogens is 2. The molecule has 0 unspecified atom stereocenters. The van der Waals surface area contributed by atoms with Crippen LogP contribution in [0.1, 0.15) is 53.3 Å². The van der Waals surface area contributed by atoms with Crippen molar-refractivity contribution < 1.29 is 13.9 Å². The van der Waals surface area contributed by atoms with Gasteiger partial charge in [0, 0.05) is 25.7 Å². The number of ether oxygens (including phenoxy) is 1. The molecular formula is C25H27Cl2N3O3. The van der Waals surface area contributed by atoms with Crippen LogP contribution in [0.15, 0.2) is 59.2 Å². The molecule has 1 N–H and O–H groups in total. The molecule has 1 fully saturated rings. The predicted octanol–water partition coefficient (Wildman–Crippen LogP) is 5.65. The maximum atomic E-state index is 12.5. The first kappa shape index (κ1) is 23.8. The van der Waals surface area contributed by atoms with Crippen molar-refractivity contribution >= 4 is 29.1 Å². The van der Waals surface area contributed by atoms with Crippen molar-refractivity contribution in [2.24, 2.45) is 0 Å². The van der Waals surface area contributed by atoms with Gasteiger partial charge in [-0.1, -0.05) is 59.6 Å². The minimum atomic E-state index is -0.257. The zero-order valence-electron chi connectivity index (χ0n) is 18.5. The summed E-state index contributed by atoms with van der Waals surface area (Å²) in [7, 11) is 0. The number of amides is 1. The standard InChI is InChI=1S/C25H27Cl2N3O3/c1-17(19-6-3-2-4-7-19)30(14-18-9-10-21(26)22(27)12-18)15-24-29-23(16-33-24)25(31)28-13-20-8-5-11-32-20/h2-4,6-7,9-10,12,16-17,20H,5,8,11,13-15H2,1H3,(H,28,31)/t17-,20-/m1/s1. The molecular weight excluding hydrogens is 461 g/mol. The fourth-order valence-corrected chi connectivity index (χ4v) is 4.23. The molecule has 1 aliphatic heterocycles. The Bertz CT molecular complexity index is 1070. The Morgan fingerprint density at radius 1 is 1.18 bits per heavy atom. The second-order valence-electron chi connectivity index (χ2n) is 8.21. The maximum Gasteiger partial charge on any atom is 0.273 e. The van der Waals surface area contributed by atoms with E-state index in [-0.39, 0.29) is 23.7 Å². The number of hydrogen-bond acceptors (Lipinski definition) is 5. The number of hydrogen-bond donors (Lipinski definition) is 1. The van der Waals surface area contributed by atoms with E-state index in [0.29, 0.717) is 35.6 Å². The zero-order chi connectivity index (χ0) is 23.2. The van der Waals surface area contributed by atoms with Gasteiger partial charge in [-0.25, -0.2) is 4.98 Å². The fourth-order valence-electron chi connectivity index (χ4n) is 3.91. The van der Waals surface area contributed by atoms with Crippen LogP contribution in [0, 0.1) is 0 Å². The van der Waals surface area contributed by atoms with Gasteiger partial charge in [-0.2, -0.15) is 0 Å². The van der Waals surface area contributed by atoms with Gasteiger partial charge in [-0.15, -0.1) is 0 Å². The van der Waals surface area contributed by atoms with Crippen LogP contribution in [-0.4, -0.2) is 35.0 Å². The maximum absolute atomic E-state index is 12.5. The van der Waals surface area contributed by atoms with E-state index in [0.717, 1.165) is 25.0 Å². The molecule has 4 rings (SSSR count). The third-order valence-corrected chi connectivity index (χ3v) is 6.58. The summed E-state index contributed by atoms with van der Waals surface area (Å²) >= 11 is 12.3. The van der Waals surface area contributed by atoms with Gasteiger partial charge < -0.3 is 14.5 Å². The Morgan fingerprint density at radius 2 is 2.00 bits per heavy atom. The Hall–Kier alpha value is -2.38. The van der Waals surface area contributed by atoms with Crippen molar-refractivity contribution in [1.82, 2.24) is 15.2 Å². The van der Waals surface area contributed by atoms with Gasteiger partial charge in [0.2, 0.25) is 5.89 Å². The number of benzene rings is 2. The molecule has 0 spiro atoms. The third-order valence-electron chi connectivity index (χ3n) is 5.84. The average molecular weight is 488 g/mol. The second kappa shape index (κ2) is 11.2. The van der Waals surface area contributed by atoms with Gasteiger partial charge in [0.15, 0.2) is 5.69 Å². The molecule has 1 aliphatic rings. The zero-order valence-corrected chi connectivity index (χ0v) is 20.0. The van der Waals surface area contributed by atoms with E-state index in [4.69, 9.17) is 32.4 Å². The molecule has 2 heterocycles. The number of oxazole rings is 1. The molecule has 0 saturated carbocycles. The van der Waals surface area contributed by atoms with E-state index in [1.807, 2.05) is 30.3 Å². The molecule has 1 saturated heterocycles. The van der Waals surface area contributed by atoms with E-state index >= 15 is 0 Å². The van der Waals surface area contributed by atoms with Gasteiger partial charge >= 0.3 is 0 Å². The first-order valence-corrected chi connectivity index (χ1v) is 11.8. The SMILES string of the molecule is C[C@H](c1ccccc1)N(Cc1ccc(Cl)c(Cl)c1)Cc1nc(C(=O)NC[C@H]2CCCO2)co1. The van der Waals surface area contributed by atoms with Gasteiger partial charge in [0.25, 0.3) is 5.91 Å². The summed E-state index contributed by atoms with van der Waals surface area (Å²) in [4.78, 5) is 19.1. The molecule has 33 heavy (non-hydrogen) atoms. The lowest BCUT2D eigenvalue weighted by Crippen LogP contribution is -2.32. The quantitative estimate of drug-likeness (QED) is 0.422. The number of carbonyl (C=O) groups is 1. The smallest absolute Gasteiger partial charge is 0.273 e. The number of aromatic nitrogens is 1. The molecule has 0 bridgehead atoms. The summed E-state index contributed by atoms with van der Waals surface area (Å²) in [5.41, 5.74) is 2.46. The molecule has 174 valence electrons. The number of rotatable bonds is 9. The number of nitrogens with one attached hydrogen (secondary N) is 1. The van der Waals surface area contributed by atoms with E-state index in [2.05, 4.69) is 34.3 Å². The summed E-state index contributed by atoms with van der Waals surface area (Å²) in [6, 6.07) is 15.9. The Labute approximate surface area is 203 Å². The van der Waals surface area contributed by atoms with Crippen LogP contribution in [-0.2, 0) is 17.8 Å². The van der Waals surface area contributed by atoms with Crippen LogP contribution in [0.2, 0.25) is 10.0 Å². The minimum absolute atomic E-state index is 0.0735. The molecule has 0 aliphatic carbocycles. The van der Waals surface area contributed by atoms with Gasteiger partial charge in [0.05, 0.1) is 22.7 Å². The molecule has 8 heteroatoms. The topological polar surface area (TPSA) is 67.6 Å². The highest BCUT2D eigenvalue weighted by Crippen LogP contribution is 2.27. The fraction of sp³-hybridized carbons (Fsp3) is 0.360. The second-order valence-corrected chi connectivity index (χ2v) is 9.03. The monoisotopic (exact) mass is 487 g/mol. The van der Waals surface area contributed by atoms with Gasteiger partial charge in [-0.3, -0.25) is 9.69 Å². The molecule has 2 atom stereocenters. The van der Waals surface area contributed by atoms with E-state index < -0.39 is 0 Å². The van der Waals surface area contributed by atoms with Crippen LogP contribution in [0.3, 0.4) is 0 Å². The van der Waals surface area contributed by atoms with Crippen molar-refractivity contribution in [3.05, 3.63) is 87.6 Å². The van der Waals surface area contributed by atoms with Crippen molar-refractivity contribution in [2.45, 2.75) is 45.0 Å². The Kier molecular flexibility index (Phi) is 8.04. The van der Waals surface area contributed by atoms with Crippen molar-refractivity contribution in [2.75, 3.05) is 13.2 Å². The molecule has 2 aromatic carbocycles. The highest BCUT2D eigenvalue weighted by Gasteiger charge is 2.22. The first-order chi connectivity index (χ1) is 16.0. The van der Waals surface area contributed by atoms with E-state index in [1.54, 1.807) is 6.07 Å². The minimum Gasteiger partial charge on any atom is -0.447 e. The van der Waals surface area contributed by atoms with Crippen LogP contribution in [0.4, 0.5) is 0 Å². The highest BCUT2D eigenvalue weighted by molar-refractivity contribution is 6.42. The third kappa shape index (κ3) is 6.36. The molecule has 1 amide bonds.